The smallest absolute Gasteiger partial charge is 0.377 e. The predicted octanol–water partition coefficient (Wildman–Crippen LogP) is -0.603. The van der Waals surface area contributed by atoms with Crippen LogP contribution in [0.15, 0.2) is 41.9 Å². The van der Waals surface area contributed by atoms with Crippen molar-refractivity contribution in [2.45, 2.75) is 18.3 Å². The Morgan fingerprint density at radius 3 is 2.13 bits per heavy atom. The number of carbonyl (C=O) groups is 2. The number of cyclic esters (lactones) is 1. The van der Waals surface area contributed by atoms with Gasteiger partial charge in [0, 0.05) is 0 Å². The summed E-state index contributed by atoms with van der Waals surface area (Å²) in [5.74, 6) is -4.00. The zero-order valence-electron chi connectivity index (χ0n) is 11.7. The molecule has 0 amide bonds. The van der Waals surface area contributed by atoms with Gasteiger partial charge in [-0.1, -0.05) is 30.3 Å². The summed E-state index contributed by atoms with van der Waals surface area (Å²) in [4.78, 5) is 20.8. The highest BCUT2D eigenvalue weighted by molar-refractivity contribution is 5.89. The fourth-order valence-corrected chi connectivity index (χ4v) is 1.60. The van der Waals surface area contributed by atoms with E-state index in [4.69, 9.17) is 30.6 Å². The number of esters is 1. The van der Waals surface area contributed by atoms with Crippen molar-refractivity contribution in [1.82, 2.24) is 0 Å². The van der Waals surface area contributed by atoms with E-state index < -0.39 is 48.4 Å². The average Bonchev–Trinajstić information content (AvgIpc) is 2.82. The van der Waals surface area contributed by atoms with Crippen LogP contribution in [0, 0.1) is 0 Å². The lowest BCUT2D eigenvalue weighted by Crippen LogP contribution is -2.31. The number of benzene rings is 1. The highest BCUT2D eigenvalue weighted by Crippen LogP contribution is 2.20. The van der Waals surface area contributed by atoms with Crippen LogP contribution in [0.1, 0.15) is 11.7 Å². The van der Waals surface area contributed by atoms with Crippen molar-refractivity contribution in [3.05, 3.63) is 47.4 Å². The molecule has 1 aromatic carbocycles. The van der Waals surface area contributed by atoms with Gasteiger partial charge in [-0.05, 0) is 5.56 Å². The largest absolute Gasteiger partial charge is 0.505 e. The molecule has 9 nitrogen and oxygen atoms in total. The van der Waals surface area contributed by atoms with E-state index in [1.165, 1.54) is 0 Å². The summed E-state index contributed by atoms with van der Waals surface area (Å²) in [5.41, 5.74) is 0.403. The molecule has 0 aliphatic carbocycles. The van der Waals surface area contributed by atoms with E-state index in [-0.39, 0.29) is 0 Å². The Balaban J connectivity index is 0.000000231. The number of hydrogen-bond acceptors (Lipinski definition) is 8. The van der Waals surface area contributed by atoms with Crippen molar-refractivity contribution in [3.8, 4) is 0 Å². The SMILES string of the molecule is O=C(O)C(O)c1ccccc1.O=C1O[C@H](C(O)CO)C(O)=C1O. The van der Waals surface area contributed by atoms with Gasteiger partial charge in [0.05, 0.1) is 6.61 Å². The van der Waals surface area contributed by atoms with E-state index in [9.17, 15) is 9.59 Å². The van der Waals surface area contributed by atoms with Crippen LogP contribution in [0.4, 0.5) is 0 Å². The maximum atomic E-state index is 10.5. The van der Waals surface area contributed by atoms with Crippen molar-refractivity contribution < 1.29 is 45.0 Å². The fourth-order valence-electron chi connectivity index (χ4n) is 1.60. The molecule has 1 aromatic rings. The van der Waals surface area contributed by atoms with Gasteiger partial charge in [-0.25, -0.2) is 9.59 Å². The van der Waals surface area contributed by atoms with Crippen LogP contribution in [-0.2, 0) is 14.3 Å². The van der Waals surface area contributed by atoms with Crippen LogP contribution in [0.25, 0.3) is 0 Å². The minimum Gasteiger partial charge on any atom is -0.505 e. The maximum absolute atomic E-state index is 10.5. The summed E-state index contributed by atoms with van der Waals surface area (Å²) in [6, 6.07) is 8.26. The number of carboxylic acid groups (broad SMARTS) is 1. The van der Waals surface area contributed by atoms with Crippen molar-refractivity contribution >= 4 is 11.9 Å². The van der Waals surface area contributed by atoms with Crippen molar-refractivity contribution in [3.63, 3.8) is 0 Å². The monoisotopic (exact) mass is 328 g/mol. The Morgan fingerprint density at radius 2 is 1.74 bits per heavy atom. The lowest BCUT2D eigenvalue weighted by Gasteiger charge is -2.13. The van der Waals surface area contributed by atoms with Gasteiger partial charge in [0.15, 0.2) is 18.0 Å². The van der Waals surface area contributed by atoms with Gasteiger partial charge >= 0.3 is 11.9 Å². The lowest BCUT2D eigenvalue weighted by molar-refractivity contribution is -0.148. The number of carbonyl (C=O) groups excluding carboxylic acids is 1. The van der Waals surface area contributed by atoms with Gasteiger partial charge in [0.2, 0.25) is 5.76 Å². The standard InChI is InChI=1S/C8H8O3.C6H8O6/c9-7(8(10)11)6-4-2-1-3-5-6;7-1-2(8)5-3(9)4(10)6(11)12-5/h1-5,7,9H,(H,10,11);2,5,7-10H,1H2/t;2?,5-/m.1/s1. The third kappa shape index (κ3) is 4.68. The van der Waals surface area contributed by atoms with Crippen molar-refractivity contribution in [1.29, 1.82) is 0 Å². The quantitative estimate of drug-likeness (QED) is 0.396. The van der Waals surface area contributed by atoms with Gasteiger partial charge < -0.3 is 35.4 Å². The number of ether oxygens (including phenoxy) is 1. The number of carboxylic acids is 1. The molecule has 0 spiro atoms. The van der Waals surface area contributed by atoms with E-state index in [0.717, 1.165) is 0 Å². The van der Waals surface area contributed by atoms with Gasteiger partial charge in [-0.2, -0.15) is 0 Å². The molecule has 1 aliphatic rings. The summed E-state index contributed by atoms with van der Waals surface area (Å²) in [7, 11) is 0. The van der Waals surface area contributed by atoms with Gasteiger partial charge in [-0.3, -0.25) is 0 Å². The molecule has 1 aliphatic heterocycles. The Kier molecular flexibility index (Phi) is 6.51. The first-order chi connectivity index (χ1) is 10.8. The normalized spacial score (nSPS) is 19.4. The zero-order chi connectivity index (χ0) is 17.6. The number of aliphatic hydroxyl groups excluding tert-OH is 5. The molecule has 0 fully saturated rings. The first kappa shape index (κ1) is 18.4. The number of rotatable bonds is 4. The highest BCUT2D eigenvalue weighted by atomic mass is 16.6. The number of hydrogen-bond donors (Lipinski definition) is 6. The van der Waals surface area contributed by atoms with Crippen LogP contribution >= 0.6 is 0 Å². The minimum atomic E-state index is -1.42. The number of aliphatic carboxylic acids is 1. The third-order valence-corrected chi connectivity index (χ3v) is 2.83. The lowest BCUT2D eigenvalue weighted by atomic mass is 10.1. The first-order valence-electron chi connectivity index (χ1n) is 6.37. The van der Waals surface area contributed by atoms with Crippen LogP contribution in [-0.4, -0.2) is 61.4 Å². The summed E-state index contributed by atoms with van der Waals surface area (Å²) in [6.45, 7) is -0.671. The zero-order valence-corrected chi connectivity index (χ0v) is 11.7. The molecule has 3 atom stereocenters. The van der Waals surface area contributed by atoms with Crippen LogP contribution < -0.4 is 0 Å². The van der Waals surface area contributed by atoms with Crippen molar-refractivity contribution in [2.24, 2.45) is 0 Å². The van der Waals surface area contributed by atoms with E-state index in [1.54, 1.807) is 30.3 Å². The second kappa shape index (κ2) is 8.13. The van der Waals surface area contributed by atoms with E-state index in [0.29, 0.717) is 5.56 Å². The summed E-state index contributed by atoms with van der Waals surface area (Å²) in [5, 5.41) is 52.4. The van der Waals surface area contributed by atoms with E-state index >= 15 is 0 Å². The molecule has 6 N–H and O–H groups in total. The molecule has 0 saturated carbocycles. The third-order valence-electron chi connectivity index (χ3n) is 2.83. The molecule has 9 heteroatoms. The molecule has 0 saturated heterocycles. The predicted molar refractivity (Wildman–Crippen MR) is 74.3 cm³/mol. The molecule has 23 heavy (non-hydrogen) atoms. The Hall–Kier alpha value is -2.62. The summed E-state index contributed by atoms with van der Waals surface area (Å²) in [6.07, 6.45) is -4.18. The fraction of sp³-hybridized carbons (Fsp3) is 0.286. The first-order valence-corrected chi connectivity index (χ1v) is 6.37. The molecule has 1 heterocycles. The molecule has 2 rings (SSSR count). The summed E-state index contributed by atoms with van der Waals surface area (Å²) >= 11 is 0. The molecular formula is C14H16O9. The van der Waals surface area contributed by atoms with E-state index in [2.05, 4.69) is 4.74 Å². The molecule has 126 valence electrons. The molecule has 0 bridgehead atoms. The molecule has 2 unspecified atom stereocenters. The van der Waals surface area contributed by atoms with Crippen LogP contribution in [0.5, 0.6) is 0 Å². The summed E-state index contributed by atoms with van der Waals surface area (Å²) < 4.78 is 4.32. The van der Waals surface area contributed by atoms with Crippen LogP contribution in [0.3, 0.4) is 0 Å². The van der Waals surface area contributed by atoms with Gasteiger partial charge in [-0.15, -0.1) is 0 Å². The van der Waals surface area contributed by atoms with E-state index in [1.807, 2.05) is 0 Å². The topological polar surface area (TPSA) is 165 Å². The molecule has 0 aromatic heterocycles. The van der Waals surface area contributed by atoms with Gasteiger partial charge in [0.25, 0.3) is 0 Å². The second-order valence-corrected chi connectivity index (χ2v) is 4.46. The van der Waals surface area contributed by atoms with Gasteiger partial charge in [0.1, 0.15) is 6.10 Å². The minimum absolute atomic E-state index is 0.403. The van der Waals surface area contributed by atoms with Crippen molar-refractivity contribution in [2.75, 3.05) is 6.61 Å². The molecule has 0 radical (unpaired) electrons. The average molecular weight is 328 g/mol. The Labute approximate surface area is 130 Å². The second-order valence-electron chi connectivity index (χ2n) is 4.46. The Morgan fingerprint density at radius 1 is 1.17 bits per heavy atom. The van der Waals surface area contributed by atoms with Crippen LogP contribution in [0.2, 0.25) is 0 Å². The maximum Gasteiger partial charge on any atom is 0.377 e. The number of aliphatic hydroxyl groups is 5. The Bertz CT molecular complexity index is 581. The molecular weight excluding hydrogens is 312 g/mol. The highest BCUT2D eigenvalue weighted by Gasteiger charge is 2.38.